The minimum Gasteiger partial charge on any atom is -0.481 e. The molecule has 0 aromatic heterocycles. The van der Waals surface area contributed by atoms with E-state index in [0.29, 0.717) is 0 Å². The van der Waals surface area contributed by atoms with Crippen molar-refractivity contribution in [2.24, 2.45) is 5.41 Å². The van der Waals surface area contributed by atoms with E-state index in [0.717, 1.165) is 0 Å². The number of carbonyl (C=O) groups is 2. The van der Waals surface area contributed by atoms with Crippen LogP contribution in [0.15, 0.2) is 0 Å². The van der Waals surface area contributed by atoms with Gasteiger partial charge in [0.15, 0.2) is 0 Å². The first kappa shape index (κ1) is 15.8. The van der Waals surface area contributed by atoms with Crippen LogP contribution in [0.3, 0.4) is 0 Å². The number of aliphatic carboxylic acids is 1. The van der Waals surface area contributed by atoms with E-state index >= 15 is 0 Å². The molecule has 0 bridgehead atoms. The zero-order valence-electron chi connectivity index (χ0n) is 9.93. The van der Waals surface area contributed by atoms with Crippen LogP contribution in [0, 0.1) is 5.41 Å². The van der Waals surface area contributed by atoms with Crippen molar-refractivity contribution in [2.45, 2.75) is 25.8 Å². The Bertz CT molecular complexity index is 276. The van der Waals surface area contributed by atoms with Crippen LogP contribution in [-0.4, -0.2) is 57.7 Å². The van der Waals surface area contributed by atoms with Gasteiger partial charge < -0.3 is 25.7 Å². The molecule has 0 unspecified atom stereocenters. The molecule has 0 radical (unpaired) electrons. The van der Waals surface area contributed by atoms with Crippen LogP contribution in [-0.2, 0) is 9.59 Å². The fourth-order valence-corrected chi connectivity index (χ4v) is 1.09. The molecule has 0 heterocycles. The van der Waals surface area contributed by atoms with Gasteiger partial charge in [-0.25, -0.2) is 0 Å². The summed E-state index contributed by atoms with van der Waals surface area (Å²) in [6.45, 7) is 0.846. The zero-order chi connectivity index (χ0) is 13.7. The molecule has 5 N–H and O–H groups in total. The Kier molecular flexibility index (Phi) is 5.53. The monoisotopic (exact) mass is 249 g/mol. The third-order valence-electron chi connectivity index (χ3n) is 2.49. The number of aliphatic hydroxyl groups is 3. The lowest BCUT2D eigenvalue weighted by molar-refractivity contribution is -0.150. The van der Waals surface area contributed by atoms with E-state index in [1.54, 1.807) is 0 Å². The summed E-state index contributed by atoms with van der Waals surface area (Å²) in [6, 6.07) is 0. The van der Waals surface area contributed by atoms with Gasteiger partial charge in [0.2, 0.25) is 5.91 Å². The Balaban J connectivity index is 4.60. The van der Waals surface area contributed by atoms with Crippen LogP contribution in [0.2, 0.25) is 0 Å². The number of hydrogen-bond acceptors (Lipinski definition) is 5. The van der Waals surface area contributed by atoms with Gasteiger partial charge in [-0.1, -0.05) is 0 Å². The van der Waals surface area contributed by atoms with Crippen molar-refractivity contribution in [2.75, 3.05) is 19.8 Å². The number of carboxylic acids is 1. The fraction of sp³-hybridized carbons (Fsp3) is 0.800. The number of aliphatic hydroxyl groups excluding tert-OH is 3. The maximum atomic E-state index is 11.5. The number of rotatable bonds is 7. The SMILES string of the molecule is CC(C)(CC(=O)NC(CO)(CO)CO)C(=O)O. The van der Waals surface area contributed by atoms with Crippen molar-refractivity contribution in [3.8, 4) is 0 Å². The van der Waals surface area contributed by atoms with E-state index in [-0.39, 0.29) is 6.42 Å². The van der Waals surface area contributed by atoms with Gasteiger partial charge in [-0.05, 0) is 13.8 Å². The summed E-state index contributed by atoms with van der Waals surface area (Å²) in [4.78, 5) is 22.4. The summed E-state index contributed by atoms with van der Waals surface area (Å²) in [6.07, 6.45) is -0.315. The van der Waals surface area contributed by atoms with Crippen molar-refractivity contribution in [1.82, 2.24) is 5.32 Å². The second-order valence-corrected chi connectivity index (χ2v) is 4.67. The molecule has 0 aliphatic heterocycles. The average Bonchev–Trinajstić information content (AvgIpc) is 2.25. The van der Waals surface area contributed by atoms with Gasteiger partial charge in [-0.2, -0.15) is 0 Å². The summed E-state index contributed by atoms with van der Waals surface area (Å²) in [5.74, 6) is -1.79. The molecular weight excluding hydrogens is 230 g/mol. The Hall–Kier alpha value is -1.18. The van der Waals surface area contributed by atoms with Crippen molar-refractivity contribution in [3.05, 3.63) is 0 Å². The van der Waals surface area contributed by atoms with Crippen molar-refractivity contribution < 1.29 is 30.0 Å². The fourth-order valence-electron chi connectivity index (χ4n) is 1.09. The Labute approximate surface area is 99.1 Å². The highest BCUT2D eigenvalue weighted by atomic mass is 16.4. The first-order valence-corrected chi connectivity index (χ1v) is 5.10. The maximum absolute atomic E-state index is 11.5. The highest BCUT2D eigenvalue weighted by molar-refractivity contribution is 5.84. The van der Waals surface area contributed by atoms with Crippen LogP contribution < -0.4 is 5.32 Å². The number of hydrogen-bond donors (Lipinski definition) is 5. The molecule has 0 aromatic carbocycles. The minimum atomic E-state index is -1.52. The van der Waals surface area contributed by atoms with Gasteiger partial charge in [-0.15, -0.1) is 0 Å². The van der Waals surface area contributed by atoms with Gasteiger partial charge in [0.1, 0.15) is 5.54 Å². The number of nitrogens with one attached hydrogen (secondary N) is 1. The molecule has 0 saturated heterocycles. The Morgan fingerprint density at radius 2 is 1.47 bits per heavy atom. The third kappa shape index (κ3) is 4.29. The molecule has 17 heavy (non-hydrogen) atoms. The van der Waals surface area contributed by atoms with E-state index in [2.05, 4.69) is 5.32 Å². The second kappa shape index (κ2) is 5.95. The Morgan fingerprint density at radius 3 is 1.76 bits per heavy atom. The molecule has 1 amide bonds. The lowest BCUT2D eigenvalue weighted by Gasteiger charge is -2.30. The van der Waals surface area contributed by atoms with Crippen LogP contribution in [0.25, 0.3) is 0 Å². The average molecular weight is 249 g/mol. The van der Waals surface area contributed by atoms with Crippen LogP contribution >= 0.6 is 0 Å². The lowest BCUT2D eigenvalue weighted by atomic mass is 9.88. The maximum Gasteiger partial charge on any atom is 0.309 e. The first-order chi connectivity index (χ1) is 7.73. The molecule has 0 saturated carbocycles. The normalized spacial score (nSPS) is 12.3. The predicted molar refractivity (Wildman–Crippen MR) is 58.2 cm³/mol. The van der Waals surface area contributed by atoms with Crippen LogP contribution in [0.4, 0.5) is 0 Å². The van der Waals surface area contributed by atoms with Crippen LogP contribution in [0.1, 0.15) is 20.3 Å². The molecule has 7 nitrogen and oxygen atoms in total. The standard InChI is InChI=1S/C10H19NO6/c1-9(2,8(16)17)3-7(15)11-10(4-12,5-13)6-14/h12-14H,3-6H2,1-2H3,(H,11,15)(H,16,17). The van der Waals surface area contributed by atoms with Gasteiger partial charge in [0.05, 0.1) is 25.2 Å². The highest BCUT2D eigenvalue weighted by Crippen LogP contribution is 2.20. The first-order valence-electron chi connectivity index (χ1n) is 5.10. The van der Waals surface area contributed by atoms with E-state index in [1.165, 1.54) is 13.8 Å². The largest absolute Gasteiger partial charge is 0.481 e. The molecular formula is C10H19NO6. The van der Waals surface area contributed by atoms with Gasteiger partial charge >= 0.3 is 5.97 Å². The van der Waals surface area contributed by atoms with Gasteiger partial charge in [0, 0.05) is 6.42 Å². The molecule has 0 aliphatic carbocycles. The molecule has 0 fully saturated rings. The minimum absolute atomic E-state index is 0.315. The molecule has 7 heteroatoms. The highest BCUT2D eigenvalue weighted by Gasteiger charge is 2.35. The molecule has 0 aliphatic rings. The summed E-state index contributed by atoms with van der Waals surface area (Å²) in [5.41, 5.74) is -2.78. The molecule has 0 spiro atoms. The molecule has 0 rings (SSSR count). The van der Waals surface area contributed by atoms with Gasteiger partial charge in [-0.3, -0.25) is 9.59 Å². The summed E-state index contributed by atoms with van der Waals surface area (Å²) in [7, 11) is 0. The van der Waals surface area contributed by atoms with Crippen LogP contribution in [0.5, 0.6) is 0 Å². The molecule has 0 atom stereocenters. The van der Waals surface area contributed by atoms with Crippen molar-refractivity contribution >= 4 is 11.9 Å². The van der Waals surface area contributed by atoms with Gasteiger partial charge in [0.25, 0.3) is 0 Å². The lowest BCUT2D eigenvalue weighted by Crippen LogP contribution is -2.57. The Morgan fingerprint density at radius 1 is 1.06 bits per heavy atom. The van der Waals surface area contributed by atoms with Crippen molar-refractivity contribution in [3.63, 3.8) is 0 Å². The summed E-state index contributed by atoms with van der Waals surface area (Å²) in [5, 5.41) is 38.0. The van der Waals surface area contributed by atoms with E-state index in [1.807, 2.05) is 0 Å². The topological polar surface area (TPSA) is 127 Å². The van der Waals surface area contributed by atoms with E-state index < -0.39 is 42.7 Å². The molecule has 0 aromatic rings. The molecule has 100 valence electrons. The second-order valence-electron chi connectivity index (χ2n) is 4.67. The number of amides is 1. The summed E-state index contributed by atoms with van der Waals surface area (Å²) >= 11 is 0. The predicted octanol–water partition coefficient (Wildman–Crippen LogP) is -1.68. The zero-order valence-corrected chi connectivity index (χ0v) is 9.93. The van der Waals surface area contributed by atoms with E-state index in [9.17, 15) is 9.59 Å². The number of carboxylic acid groups (broad SMARTS) is 1. The third-order valence-corrected chi connectivity index (χ3v) is 2.49. The number of carbonyl (C=O) groups excluding carboxylic acids is 1. The van der Waals surface area contributed by atoms with Crippen molar-refractivity contribution in [1.29, 1.82) is 0 Å². The summed E-state index contributed by atoms with van der Waals surface area (Å²) < 4.78 is 0. The smallest absolute Gasteiger partial charge is 0.309 e. The van der Waals surface area contributed by atoms with E-state index in [4.69, 9.17) is 20.4 Å². The quantitative estimate of drug-likeness (QED) is 0.367.